The van der Waals surface area contributed by atoms with Gasteiger partial charge >= 0.3 is 0 Å². The molecule has 1 aliphatic rings. The highest BCUT2D eigenvalue weighted by molar-refractivity contribution is 7.80. The third-order valence-electron chi connectivity index (χ3n) is 2.18. The molecule has 0 radical (unpaired) electrons. The maximum atomic E-state index is 11.5. The third-order valence-corrected chi connectivity index (χ3v) is 2.58. The summed E-state index contributed by atoms with van der Waals surface area (Å²) in [5, 5.41) is 0. The maximum Gasteiger partial charge on any atom is 0.247 e. The molecule has 0 saturated carbocycles. The summed E-state index contributed by atoms with van der Waals surface area (Å²) < 4.78 is 0. The normalized spacial score (nSPS) is 17.8. The highest BCUT2D eigenvalue weighted by Gasteiger charge is 2.20. The Kier molecular flexibility index (Phi) is 9.21. The van der Waals surface area contributed by atoms with E-state index in [-0.39, 0.29) is 5.91 Å². The number of hydrogen-bond acceptors (Lipinski definition) is 6. The molecule has 1 heterocycles. The summed E-state index contributed by atoms with van der Waals surface area (Å²) in [5.41, 5.74) is 9.87. The van der Waals surface area contributed by atoms with Crippen molar-refractivity contribution in [3.8, 4) is 0 Å². The van der Waals surface area contributed by atoms with Crippen LogP contribution >= 0.6 is 21.2 Å². The zero-order valence-electron chi connectivity index (χ0n) is 9.12. The van der Waals surface area contributed by atoms with Crippen molar-refractivity contribution in [1.29, 1.82) is 0 Å². The minimum Gasteiger partial charge on any atom is -0.341 e. The molecule has 1 fully saturated rings. The van der Waals surface area contributed by atoms with Gasteiger partial charge in [-0.3, -0.25) is 10.3 Å². The smallest absolute Gasteiger partial charge is 0.247 e. The van der Waals surface area contributed by atoms with Crippen molar-refractivity contribution < 1.29 is 14.6 Å². The van der Waals surface area contributed by atoms with Gasteiger partial charge in [-0.25, -0.2) is 0 Å². The first-order chi connectivity index (χ1) is 7.49. The first-order valence-electron chi connectivity index (χ1n) is 5.06. The number of thiol groups is 1. The Hall–Kier alpha value is 0.0900. The van der Waals surface area contributed by atoms with Gasteiger partial charge in [-0.15, -0.1) is 0 Å². The average Bonchev–Trinajstić information content (AvgIpc) is 2.27. The summed E-state index contributed by atoms with van der Waals surface area (Å²) in [6.07, 6.45) is 3.47. The van der Waals surface area contributed by atoms with Crippen molar-refractivity contribution in [3.63, 3.8) is 0 Å². The summed E-state index contributed by atoms with van der Waals surface area (Å²) >= 11 is 4.00. The standard InChI is InChI=1S/C8H16N2OS.H4NO2P/c9-7(6-12)8(11)10-4-2-1-3-5-10;1-4(2)3/h7,12H,1-6,9H2;2-3H,1H2. The van der Waals surface area contributed by atoms with Crippen LogP contribution in [0.5, 0.6) is 0 Å². The Morgan fingerprint density at radius 2 is 1.81 bits per heavy atom. The number of nitrogens with zero attached hydrogens (tertiary/aromatic N) is 1. The highest BCUT2D eigenvalue weighted by Crippen LogP contribution is 2.09. The highest BCUT2D eigenvalue weighted by atomic mass is 32.1. The number of rotatable bonds is 2. The molecule has 0 aromatic rings. The van der Waals surface area contributed by atoms with E-state index in [0.717, 1.165) is 25.9 Å². The fourth-order valence-electron chi connectivity index (χ4n) is 1.43. The lowest BCUT2D eigenvalue weighted by Crippen LogP contribution is -2.46. The Morgan fingerprint density at radius 3 is 2.19 bits per heavy atom. The second-order valence-electron chi connectivity index (χ2n) is 3.50. The van der Waals surface area contributed by atoms with Gasteiger partial charge in [-0.1, -0.05) is 0 Å². The molecule has 0 aliphatic carbocycles. The number of amides is 1. The molecule has 1 rings (SSSR count). The van der Waals surface area contributed by atoms with Crippen LogP contribution in [0.4, 0.5) is 0 Å². The van der Waals surface area contributed by atoms with Crippen molar-refractivity contribution in [2.24, 2.45) is 11.2 Å². The Balaban J connectivity index is 0.000000487. The molecule has 0 bridgehead atoms. The minimum atomic E-state index is -2.12. The number of piperidine rings is 1. The van der Waals surface area contributed by atoms with Gasteiger partial charge in [0.25, 0.3) is 0 Å². The Labute approximate surface area is 102 Å². The van der Waals surface area contributed by atoms with E-state index in [9.17, 15) is 4.79 Å². The van der Waals surface area contributed by atoms with Crippen LogP contribution in [0.15, 0.2) is 0 Å². The van der Waals surface area contributed by atoms with E-state index in [2.05, 4.69) is 18.1 Å². The van der Waals surface area contributed by atoms with Crippen molar-refractivity contribution in [2.45, 2.75) is 25.3 Å². The lowest BCUT2D eigenvalue weighted by atomic mass is 10.1. The van der Waals surface area contributed by atoms with Gasteiger partial charge in [0.1, 0.15) is 0 Å². The number of nitrogens with two attached hydrogens (primary N) is 2. The van der Waals surface area contributed by atoms with Gasteiger partial charge in [-0.2, -0.15) is 12.6 Å². The first-order valence-corrected chi connectivity index (χ1v) is 7.01. The van der Waals surface area contributed by atoms with E-state index in [1.54, 1.807) is 0 Å². The molecule has 0 aromatic carbocycles. The predicted molar refractivity (Wildman–Crippen MR) is 67.8 cm³/mol. The van der Waals surface area contributed by atoms with Gasteiger partial charge in [0.15, 0.2) is 0 Å². The van der Waals surface area contributed by atoms with E-state index >= 15 is 0 Å². The molecule has 1 unspecified atom stereocenters. The van der Waals surface area contributed by atoms with Gasteiger partial charge in [-0.05, 0) is 19.3 Å². The molecule has 96 valence electrons. The zero-order valence-corrected chi connectivity index (χ0v) is 10.9. The summed E-state index contributed by atoms with van der Waals surface area (Å²) in [5.74, 6) is 0.500. The predicted octanol–water partition coefficient (Wildman–Crippen LogP) is -0.587. The van der Waals surface area contributed by atoms with Crippen molar-refractivity contribution in [3.05, 3.63) is 0 Å². The molecular weight excluding hydrogens is 249 g/mol. The van der Waals surface area contributed by atoms with Crippen LogP contribution in [0.3, 0.4) is 0 Å². The molecule has 1 saturated heterocycles. The van der Waals surface area contributed by atoms with Crippen LogP contribution in [-0.4, -0.2) is 45.5 Å². The Bertz CT molecular complexity index is 200. The molecule has 6 N–H and O–H groups in total. The van der Waals surface area contributed by atoms with Crippen LogP contribution in [0, 0.1) is 0 Å². The maximum absolute atomic E-state index is 11.5. The summed E-state index contributed by atoms with van der Waals surface area (Å²) in [6.45, 7) is 1.75. The van der Waals surface area contributed by atoms with Gasteiger partial charge in [0.2, 0.25) is 14.4 Å². The molecule has 0 spiro atoms. The lowest BCUT2D eigenvalue weighted by molar-refractivity contribution is -0.132. The molecule has 16 heavy (non-hydrogen) atoms. The minimum absolute atomic E-state index is 0.0599. The third kappa shape index (κ3) is 7.38. The lowest BCUT2D eigenvalue weighted by Gasteiger charge is -2.28. The second-order valence-corrected chi connectivity index (χ2v) is 4.50. The van der Waals surface area contributed by atoms with Gasteiger partial charge < -0.3 is 20.4 Å². The molecule has 1 amide bonds. The first kappa shape index (κ1) is 16.1. The fourth-order valence-corrected chi connectivity index (χ4v) is 1.58. The summed E-state index contributed by atoms with van der Waals surface area (Å²) in [4.78, 5) is 28.2. The van der Waals surface area contributed by atoms with Crippen LogP contribution in [0.2, 0.25) is 0 Å². The molecule has 1 atom stereocenters. The molecule has 8 heteroatoms. The van der Waals surface area contributed by atoms with Crippen molar-refractivity contribution in [1.82, 2.24) is 4.90 Å². The molecule has 1 aliphatic heterocycles. The van der Waals surface area contributed by atoms with E-state index in [0.29, 0.717) is 5.75 Å². The number of carbonyl (C=O) groups excluding carboxylic acids is 1. The quantitative estimate of drug-likeness (QED) is 0.340. The zero-order chi connectivity index (χ0) is 12.6. The largest absolute Gasteiger partial charge is 0.341 e. The van der Waals surface area contributed by atoms with Gasteiger partial charge in [0, 0.05) is 18.8 Å². The average molecular weight is 269 g/mol. The van der Waals surface area contributed by atoms with Crippen LogP contribution in [0.1, 0.15) is 19.3 Å². The summed E-state index contributed by atoms with van der Waals surface area (Å²) in [7, 11) is -2.12. The molecule has 6 nitrogen and oxygen atoms in total. The SMILES string of the molecule is NC(CS)C(=O)N1CCCCC1.NP(O)O. The molecule has 0 aromatic heterocycles. The van der Waals surface area contributed by atoms with Crippen LogP contribution in [-0.2, 0) is 4.79 Å². The second kappa shape index (κ2) is 9.15. The van der Waals surface area contributed by atoms with Crippen LogP contribution in [0.25, 0.3) is 0 Å². The van der Waals surface area contributed by atoms with Gasteiger partial charge in [0.05, 0.1) is 6.04 Å². The van der Waals surface area contributed by atoms with E-state index in [1.807, 2.05) is 4.90 Å². The molecular formula is C8H20N3O3PS. The fraction of sp³-hybridized carbons (Fsp3) is 0.875. The number of hydrogen-bond donors (Lipinski definition) is 5. The Morgan fingerprint density at radius 1 is 1.38 bits per heavy atom. The van der Waals surface area contributed by atoms with Crippen molar-refractivity contribution >= 4 is 27.1 Å². The van der Waals surface area contributed by atoms with Crippen molar-refractivity contribution in [2.75, 3.05) is 18.8 Å². The number of likely N-dealkylation sites (tertiary alicyclic amines) is 1. The van der Waals surface area contributed by atoms with Crippen LogP contribution < -0.4 is 11.2 Å². The van der Waals surface area contributed by atoms with E-state index < -0.39 is 14.6 Å². The topological polar surface area (TPSA) is 113 Å². The monoisotopic (exact) mass is 269 g/mol. The van der Waals surface area contributed by atoms with E-state index in [1.165, 1.54) is 6.42 Å². The number of carbonyl (C=O) groups is 1. The summed E-state index contributed by atoms with van der Waals surface area (Å²) in [6, 6.07) is -0.411. The van der Waals surface area contributed by atoms with E-state index in [4.69, 9.17) is 15.5 Å².